The summed E-state index contributed by atoms with van der Waals surface area (Å²) in [7, 11) is 0. The molecule has 0 aliphatic heterocycles. The summed E-state index contributed by atoms with van der Waals surface area (Å²) in [5.41, 5.74) is 6.43. The summed E-state index contributed by atoms with van der Waals surface area (Å²) >= 11 is 0. The predicted molar refractivity (Wildman–Crippen MR) is 68.3 cm³/mol. The highest BCUT2D eigenvalue weighted by Gasteiger charge is 2.13. The molecule has 0 aliphatic carbocycles. The first-order valence-corrected chi connectivity index (χ1v) is 6.14. The summed E-state index contributed by atoms with van der Waals surface area (Å²) in [6.45, 7) is 2.95. The van der Waals surface area contributed by atoms with Crippen LogP contribution >= 0.6 is 0 Å². The maximum atomic E-state index is 11.7. The lowest BCUT2D eigenvalue weighted by Gasteiger charge is -2.11. The van der Waals surface area contributed by atoms with Gasteiger partial charge >= 0.3 is 5.97 Å². The Bertz CT molecular complexity index is 324. The molecule has 0 bridgehead atoms. The molecule has 1 unspecified atom stereocenters. The second-order valence-corrected chi connectivity index (χ2v) is 4.28. The van der Waals surface area contributed by atoms with E-state index >= 15 is 0 Å². The van der Waals surface area contributed by atoms with E-state index in [-0.39, 0.29) is 11.9 Å². The Hall–Kier alpha value is -1.35. The second kappa shape index (κ2) is 7.85. The summed E-state index contributed by atoms with van der Waals surface area (Å²) in [4.78, 5) is 11.7. The van der Waals surface area contributed by atoms with Crippen LogP contribution in [0.2, 0.25) is 0 Å². The largest absolute Gasteiger partial charge is 0.461 e. The zero-order valence-corrected chi connectivity index (χ0v) is 10.4. The van der Waals surface area contributed by atoms with Crippen LogP contribution in [0.5, 0.6) is 0 Å². The zero-order chi connectivity index (χ0) is 12.5. The van der Waals surface area contributed by atoms with Crippen molar-refractivity contribution in [1.82, 2.24) is 0 Å². The number of benzene rings is 1. The molecule has 0 heterocycles. The van der Waals surface area contributed by atoms with E-state index in [0.29, 0.717) is 13.2 Å². The Morgan fingerprint density at radius 2 is 2.00 bits per heavy atom. The first-order valence-electron chi connectivity index (χ1n) is 6.14. The molecule has 1 rings (SSSR count). The van der Waals surface area contributed by atoms with E-state index in [9.17, 15) is 4.79 Å². The summed E-state index contributed by atoms with van der Waals surface area (Å²) in [6, 6.07) is 9.72. The van der Waals surface area contributed by atoms with Crippen molar-refractivity contribution >= 4 is 5.97 Å². The maximum Gasteiger partial charge on any atom is 0.308 e. The number of ether oxygens (including phenoxy) is 1. The van der Waals surface area contributed by atoms with Crippen LogP contribution in [0.15, 0.2) is 30.3 Å². The number of unbranched alkanes of at least 4 members (excludes halogenated alkanes) is 1. The van der Waals surface area contributed by atoms with Crippen molar-refractivity contribution < 1.29 is 9.53 Å². The molecule has 94 valence electrons. The fraction of sp³-hybridized carbons (Fsp3) is 0.500. The van der Waals surface area contributed by atoms with E-state index in [4.69, 9.17) is 10.5 Å². The van der Waals surface area contributed by atoms with E-state index in [1.807, 2.05) is 37.3 Å². The van der Waals surface area contributed by atoms with Gasteiger partial charge in [0.2, 0.25) is 0 Å². The molecule has 0 aliphatic rings. The van der Waals surface area contributed by atoms with Gasteiger partial charge in [0, 0.05) is 0 Å². The molecule has 0 fully saturated rings. The summed E-state index contributed by atoms with van der Waals surface area (Å²) < 4.78 is 5.25. The average molecular weight is 235 g/mol. The molecule has 1 aromatic carbocycles. The maximum absolute atomic E-state index is 11.7. The van der Waals surface area contributed by atoms with E-state index in [0.717, 1.165) is 24.8 Å². The lowest BCUT2D eigenvalue weighted by atomic mass is 10.0. The van der Waals surface area contributed by atoms with Crippen LogP contribution in [0.1, 0.15) is 31.7 Å². The SMILES string of the molecule is CC(CCCCN)C(=O)OCc1ccccc1. The van der Waals surface area contributed by atoms with Gasteiger partial charge in [0.1, 0.15) is 6.61 Å². The molecule has 0 spiro atoms. The highest BCUT2D eigenvalue weighted by Crippen LogP contribution is 2.11. The lowest BCUT2D eigenvalue weighted by Crippen LogP contribution is -2.15. The molecular formula is C14H21NO2. The van der Waals surface area contributed by atoms with E-state index in [1.54, 1.807) is 0 Å². The number of carbonyl (C=O) groups is 1. The van der Waals surface area contributed by atoms with Crippen LogP contribution in [0.4, 0.5) is 0 Å². The van der Waals surface area contributed by atoms with E-state index in [1.165, 1.54) is 0 Å². The van der Waals surface area contributed by atoms with Crippen molar-refractivity contribution in [2.45, 2.75) is 32.8 Å². The van der Waals surface area contributed by atoms with Crippen molar-refractivity contribution in [3.63, 3.8) is 0 Å². The standard InChI is InChI=1S/C14H21NO2/c1-12(7-5-6-10-15)14(16)17-11-13-8-3-2-4-9-13/h2-4,8-9,12H,5-7,10-11,15H2,1H3. The van der Waals surface area contributed by atoms with Gasteiger partial charge in [0.05, 0.1) is 5.92 Å². The normalized spacial score (nSPS) is 12.1. The molecule has 3 heteroatoms. The third kappa shape index (κ3) is 5.50. The van der Waals surface area contributed by atoms with Gasteiger partial charge < -0.3 is 10.5 Å². The molecule has 2 N–H and O–H groups in total. The molecule has 1 atom stereocenters. The number of esters is 1. The van der Waals surface area contributed by atoms with Crippen molar-refractivity contribution in [1.29, 1.82) is 0 Å². The molecule has 0 saturated carbocycles. The number of carbonyl (C=O) groups excluding carboxylic acids is 1. The third-order valence-corrected chi connectivity index (χ3v) is 2.72. The Kier molecular flexibility index (Phi) is 6.33. The summed E-state index contributed by atoms with van der Waals surface area (Å²) in [6.07, 6.45) is 2.80. The van der Waals surface area contributed by atoms with Crippen molar-refractivity contribution in [2.24, 2.45) is 11.7 Å². The molecule has 0 saturated heterocycles. The van der Waals surface area contributed by atoms with Crippen LogP contribution in [0.25, 0.3) is 0 Å². The van der Waals surface area contributed by atoms with Crippen LogP contribution in [0, 0.1) is 5.92 Å². The van der Waals surface area contributed by atoms with Crippen LogP contribution in [0.3, 0.4) is 0 Å². The minimum Gasteiger partial charge on any atom is -0.461 e. The molecular weight excluding hydrogens is 214 g/mol. The quantitative estimate of drug-likeness (QED) is 0.583. The molecule has 0 radical (unpaired) electrons. The fourth-order valence-electron chi connectivity index (χ4n) is 1.58. The number of hydrogen-bond acceptors (Lipinski definition) is 3. The molecule has 3 nitrogen and oxygen atoms in total. The Labute approximate surface area is 103 Å². The monoisotopic (exact) mass is 235 g/mol. The number of rotatable bonds is 7. The number of hydrogen-bond donors (Lipinski definition) is 1. The average Bonchev–Trinajstić information content (AvgIpc) is 2.37. The third-order valence-electron chi connectivity index (χ3n) is 2.72. The molecule has 0 amide bonds. The van der Waals surface area contributed by atoms with Gasteiger partial charge in [-0.05, 0) is 24.9 Å². The lowest BCUT2D eigenvalue weighted by molar-refractivity contribution is -0.149. The summed E-state index contributed by atoms with van der Waals surface area (Å²) in [5.74, 6) is -0.156. The van der Waals surface area contributed by atoms with Gasteiger partial charge in [-0.3, -0.25) is 4.79 Å². The van der Waals surface area contributed by atoms with Crippen LogP contribution < -0.4 is 5.73 Å². The smallest absolute Gasteiger partial charge is 0.308 e. The molecule has 0 aromatic heterocycles. The van der Waals surface area contributed by atoms with Gasteiger partial charge in [0.15, 0.2) is 0 Å². The Morgan fingerprint density at radius 3 is 2.65 bits per heavy atom. The van der Waals surface area contributed by atoms with Crippen LogP contribution in [-0.4, -0.2) is 12.5 Å². The van der Waals surface area contributed by atoms with Gasteiger partial charge in [-0.1, -0.05) is 43.7 Å². The van der Waals surface area contributed by atoms with Crippen LogP contribution in [-0.2, 0) is 16.1 Å². The van der Waals surface area contributed by atoms with Gasteiger partial charge in [-0.2, -0.15) is 0 Å². The number of nitrogens with two attached hydrogens (primary N) is 1. The first-order chi connectivity index (χ1) is 8.24. The van der Waals surface area contributed by atoms with Gasteiger partial charge in [0.25, 0.3) is 0 Å². The van der Waals surface area contributed by atoms with E-state index in [2.05, 4.69) is 0 Å². The highest BCUT2D eigenvalue weighted by atomic mass is 16.5. The minimum absolute atomic E-state index is 0.0368. The second-order valence-electron chi connectivity index (χ2n) is 4.28. The molecule has 1 aromatic rings. The van der Waals surface area contributed by atoms with Gasteiger partial charge in [-0.25, -0.2) is 0 Å². The molecule has 17 heavy (non-hydrogen) atoms. The van der Waals surface area contributed by atoms with E-state index < -0.39 is 0 Å². The topological polar surface area (TPSA) is 52.3 Å². The first kappa shape index (κ1) is 13.7. The minimum atomic E-state index is -0.120. The zero-order valence-electron chi connectivity index (χ0n) is 10.4. The fourth-order valence-corrected chi connectivity index (χ4v) is 1.58. The summed E-state index contributed by atoms with van der Waals surface area (Å²) in [5, 5.41) is 0. The highest BCUT2D eigenvalue weighted by molar-refractivity contribution is 5.71. The Balaban J connectivity index is 2.24. The van der Waals surface area contributed by atoms with Crippen molar-refractivity contribution in [3.05, 3.63) is 35.9 Å². The van der Waals surface area contributed by atoms with Gasteiger partial charge in [-0.15, -0.1) is 0 Å². The van der Waals surface area contributed by atoms with Crippen molar-refractivity contribution in [2.75, 3.05) is 6.54 Å². The Morgan fingerprint density at radius 1 is 1.29 bits per heavy atom. The predicted octanol–water partition coefficient (Wildman–Crippen LogP) is 2.49. The van der Waals surface area contributed by atoms with Crippen molar-refractivity contribution in [3.8, 4) is 0 Å².